The molecule has 5 nitrogen and oxygen atoms in total. The SMILES string of the molecule is CC(CN1CCCC1)Nc1ccn2nccc2n1. The lowest BCUT2D eigenvalue weighted by molar-refractivity contribution is 0.327. The Bertz CT molecular complexity index is 515. The van der Waals surface area contributed by atoms with E-state index in [4.69, 9.17) is 0 Å². The van der Waals surface area contributed by atoms with Gasteiger partial charge in [-0.25, -0.2) is 9.50 Å². The summed E-state index contributed by atoms with van der Waals surface area (Å²) in [4.78, 5) is 7.03. The van der Waals surface area contributed by atoms with Gasteiger partial charge in [-0.3, -0.25) is 0 Å². The van der Waals surface area contributed by atoms with Crippen molar-refractivity contribution in [1.29, 1.82) is 0 Å². The largest absolute Gasteiger partial charge is 0.366 e. The number of nitrogens with zero attached hydrogens (tertiary/aromatic N) is 4. The van der Waals surface area contributed by atoms with Crippen LogP contribution in [-0.2, 0) is 0 Å². The van der Waals surface area contributed by atoms with Crippen molar-refractivity contribution in [3.05, 3.63) is 24.5 Å². The molecular formula is C13H19N5. The van der Waals surface area contributed by atoms with E-state index in [1.54, 1.807) is 10.7 Å². The second-order valence-electron chi connectivity index (χ2n) is 5.00. The minimum absolute atomic E-state index is 0.418. The summed E-state index contributed by atoms with van der Waals surface area (Å²) in [7, 11) is 0. The second-order valence-corrected chi connectivity index (χ2v) is 5.00. The molecule has 1 fully saturated rings. The smallest absolute Gasteiger partial charge is 0.157 e. The fourth-order valence-corrected chi connectivity index (χ4v) is 2.54. The van der Waals surface area contributed by atoms with Gasteiger partial charge in [0.2, 0.25) is 0 Å². The summed E-state index contributed by atoms with van der Waals surface area (Å²) in [6, 6.07) is 4.30. The predicted molar refractivity (Wildman–Crippen MR) is 71.7 cm³/mol. The standard InChI is InChI=1S/C13H19N5/c1-11(10-17-7-2-3-8-17)15-12-5-9-18-13(16-12)4-6-14-18/h4-6,9,11H,2-3,7-8,10H2,1H3,(H,15,16). The van der Waals surface area contributed by atoms with Crippen LogP contribution >= 0.6 is 0 Å². The number of fused-ring (bicyclic) bond motifs is 1. The summed E-state index contributed by atoms with van der Waals surface area (Å²) in [5, 5.41) is 7.60. The number of hydrogen-bond acceptors (Lipinski definition) is 4. The van der Waals surface area contributed by atoms with Crippen LogP contribution in [0.4, 0.5) is 5.82 Å². The van der Waals surface area contributed by atoms with Gasteiger partial charge in [0, 0.05) is 24.8 Å². The van der Waals surface area contributed by atoms with Gasteiger partial charge in [-0.1, -0.05) is 0 Å². The zero-order chi connectivity index (χ0) is 12.4. The zero-order valence-electron chi connectivity index (χ0n) is 10.7. The summed E-state index contributed by atoms with van der Waals surface area (Å²) < 4.78 is 1.77. The average Bonchev–Trinajstić information content (AvgIpc) is 2.98. The molecule has 3 heterocycles. The van der Waals surface area contributed by atoms with Gasteiger partial charge in [-0.15, -0.1) is 0 Å². The van der Waals surface area contributed by atoms with E-state index in [1.165, 1.54) is 25.9 Å². The van der Waals surface area contributed by atoms with Gasteiger partial charge in [-0.05, 0) is 38.9 Å². The molecule has 1 N–H and O–H groups in total. The van der Waals surface area contributed by atoms with Crippen molar-refractivity contribution in [2.24, 2.45) is 0 Å². The van der Waals surface area contributed by atoms with Crippen LogP contribution in [0.15, 0.2) is 24.5 Å². The monoisotopic (exact) mass is 245 g/mol. The van der Waals surface area contributed by atoms with Crippen LogP contribution < -0.4 is 5.32 Å². The normalized spacial score (nSPS) is 18.3. The molecule has 1 aliphatic heterocycles. The molecule has 1 aliphatic rings. The molecule has 18 heavy (non-hydrogen) atoms. The second kappa shape index (κ2) is 4.94. The summed E-state index contributed by atoms with van der Waals surface area (Å²) in [5.41, 5.74) is 0.883. The van der Waals surface area contributed by atoms with E-state index in [1.807, 2.05) is 18.3 Å². The number of nitrogens with one attached hydrogen (secondary N) is 1. The van der Waals surface area contributed by atoms with E-state index >= 15 is 0 Å². The Morgan fingerprint density at radius 2 is 2.17 bits per heavy atom. The van der Waals surface area contributed by atoms with Crippen LogP contribution in [0.3, 0.4) is 0 Å². The van der Waals surface area contributed by atoms with Crippen LogP contribution in [0.2, 0.25) is 0 Å². The van der Waals surface area contributed by atoms with Crippen molar-refractivity contribution in [2.45, 2.75) is 25.8 Å². The van der Waals surface area contributed by atoms with Crippen LogP contribution in [0.5, 0.6) is 0 Å². The van der Waals surface area contributed by atoms with Crippen molar-refractivity contribution in [3.63, 3.8) is 0 Å². The Labute approximate surface area is 107 Å². The first-order valence-electron chi connectivity index (χ1n) is 6.60. The number of likely N-dealkylation sites (tertiary alicyclic amines) is 1. The molecular weight excluding hydrogens is 226 g/mol. The fraction of sp³-hybridized carbons (Fsp3) is 0.538. The van der Waals surface area contributed by atoms with Crippen molar-refractivity contribution in [3.8, 4) is 0 Å². The molecule has 2 aromatic heterocycles. The van der Waals surface area contributed by atoms with Gasteiger partial charge in [-0.2, -0.15) is 5.10 Å². The molecule has 1 atom stereocenters. The fourth-order valence-electron chi connectivity index (χ4n) is 2.54. The lowest BCUT2D eigenvalue weighted by Crippen LogP contribution is -2.33. The molecule has 1 unspecified atom stereocenters. The lowest BCUT2D eigenvalue weighted by Gasteiger charge is -2.21. The molecule has 0 aliphatic carbocycles. The lowest BCUT2D eigenvalue weighted by atomic mass is 10.3. The first-order chi connectivity index (χ1) is 8.81. The minimum atomic E-state index is 0.418. The molecule has 0 saturated carbocycles. The Morgan fingerprint density at radius 3 is 3.00 bits per heavy atom. The highest BCUT2D eigenvalue weighted by atomic mass is 15.2. The van der Waals surface area contributed by atoms with E-state index in [9.17, 15) is 0 Å². The minimum Gasteiger partial charge on any atom is -0.366 e. The van der Waals surface area contributed by atoms with Gasteiger partial charge in [0.15, 0.2) is 5.65 Å². The molecule has 1 saturated heterocycles. The third-order valence-corrected chi connectivity index (χ3v) is 3.38. The first-order valence-corrected chi connectivity index (χ1v) is 6.60. The third kappa shape index (κ3) is 2.46. The molecule has 0 spiro atoms. The molecule has 96 valence electrons. The third-order valence-electron chi connectivity index (χ3n) is 3.38. The quantitative estimate of drug-likeness (QED) is 0.889. The van der Waals surface area contributed by atoms with Gasteiger partial charge in [0.25, 0.3) is 0 Å². The first kappa shape index (κ1) is 11.5. The highest BCUT2D eigenvalue weighted by molar-refractivity contribution is 5.45. The molecule has 0 bridgehead atoms. The number of hydrogen-bond donors (Lipinski definition) is 1. The van der Waals surface area contributed by atoms with E-state index in [2.05, 4.69) is 27.2 Å². The summed E-state index contributed by atoms with van der Waals surface area (Å²) in [6.45, 7) is 5.77. The molecule has 5 heteroatoms. The topological polar surface area (TPSA) is 45.5 Å². The summed E-state index contributed by atoms with van der Waals surface area (Å²) in [6.07, 6.45) is 6.38. The van der Waals surface area contributed by atoms with Crippen LogP contribution in [0.25, 0.3) is 5.65 Å². The van der Waals surface area contributed by atoms with Crippen molar-refractivity contribution < 1.29 is 0 Å². The maximum Gasteiger partial charge on any atom is 0.157 e. The van der Waals surface area contributed by atoms with Gasteiger partial charge in [0.1, 0.15) is 5.82 Å². The highest BCUT2D eigenvalue weighted by Crippen LogP contribution is 2.11. The number of aromatic nitrogens is 3. The Hall–Kier alpha value is -1.62. The van der Waals surface area contributed by atoms with Crippen molar-refractivity contribution >= 4 is 11.5 Å². The Kier molecular flexibility index (Phi) is 3.15. The number of rotatable bonds is 4. The van der Waals surface area contributed by atoms with Gasteiger partial charge in [0.05, 0.1) is 6.20 Å². The van der Waals surface area contributed by atoms with Crippen LogP contribution in [0, 0.1) is 0 Å². The summed E-state index contributed by atoms with van der Waals surface area (Å²) >= 11 is 0. The predicted octanol–water partition coefficient (Wildman–Crippen LogP) is 1.63. The van der Waals surface area contributed by atoms with Gasteiger partial charge >= 0.3 is 0 Å². The molecule has 0 radical (unpaired) electrons. The van der Waals surface area contributed by atoms with Gasteiger partial charge < -0.3 is 10.2 Å². The molecule has 0 aromatic carbocycles. The van der Waals surface area contributed by atoms with Crippen LogP contribution in [0.1, 0.15) is 19.8 Å². The van der Waals surface area contributed by atoms with E-state index < -0.39 is 0 Å². The Morgan fingerprint density at radius 1 is 1.33 bits per heavy atom. The van der Waals surface area contributed by atoms with Crippen LogP contribution in [-0.4, -0.2) is 45.2 Å². The van der Waals surface area contributed by atoms with E-state index in [-0.39, 0.29) is 0 Å². The van der Waals surface area contributed by atoms with Crippen molar-refractivity contribution in [2.75, 3.05) is 25.0 Å². The Balaban J connectivity index is 1.63. The van der Waals surface area contributed by atoms with Crippen molar-refractivity contribution in [1.82, 2.24) is 19.5 Å². The maximum atomic E-state index is 4.52. The molecule has 0 amide bonds. The van der Waals surface area contributed by atoms with E-state index in [0.29, 0.717) is 6.04 Å². The molecule has 3 rings (SSSR count). The maximum absolute atomic E-state index is 4.52. The number of anilines is 1. The average molecular weight is 245 g/mol. The van der Waals surface area contributed by atoms with E-state index in [0.717, 1.165) is 18.0 Å². The molecule has 2 aromatic rings. The summed E-state index contributed by atoms with van der Waals surface area (Å²) in [5.74, 6) is 0.926. The highest BCUT2D eigenvalue weighted by Gasteiger charge is 2.14. The zero-order valence-corrected chi connectivity index (χ0v) is 10.7.